The molecule has 0 saturated carbocycles. The van der Waals surface area contributed by atoms with Crippen LogP contribution in [0.5, 0.6) is 0 Å². The van der Waals surface area contributed by atoms with Crippen LogP contribution in [0.1, 0.15) is 40.0 Å². The van der Waals surface area contributed by atoms with E-state index in [4.69, 9.17) is 0 Å². The number of fused-ring (bicyclic) bond motifs is 1. The van der Waals surface area contributed by atoms with Gasteiger partial charge in [-0.25, -0.2) is 4.39 Å². The summed E-state index contributed by atoms with van der Waals surface area (Å²) in [6.45, 7) is 7.40. The number of halogens is 1. The van der Waals surface area contributed by atoms with E-state index in [-0.39, 0.29) is 5.54 Å². The molecule has 0 aromatic rings. The average molecular weight is 185 g/mol. The van der Waals surface area contributed by atoms with Gasteiger partial charge in [-0.1, -0.05) is 13.8 Å². The summed E-state index contributed by atoms with van der Waals surface area (Å²) in [5, 5.41) is 0. The highest BCUT2D eigenvalue weighted by molar-refractivity contribution is 5.07. The van der Waals surface area contributed by atoms with Crippen molar-refractivity contribution in [1.82, 2.24) is 4.90 Å². The second kappa shape index (κ2) is 2.94. The Balaban J connectivity index is 2.24. The van der Waals surface area contributed by atoms with Crippen LogP contribution in [0, 0.1) is 5.92 Å². The number of rotatable bonds is 1. The maximum Gasteiger partial charge on any atom is 0.115 e. The number of hydrogen-bond acceptors (Lipinski definition) is 1. The van der Waals surface area contributed by atoms with E-state index in [1.807, 2.05) is 0 Å². The highest BCUT2D eigenvalue weighted by atomic mass is 19.1. The molecule has 0 aromatic heterocycles. The van der Waals surface area contributed by atoms with Crippen LogP contribution in [-0.2, 0) is 0 Å². The molecule has 2 heterocycles. The minimum atomic E-state index is -0.579. The van der Waals surface area contributed by atoms with Crippen molar-refractivity contribution >= 4 is 0 Å². The smallest absolute Gasteiger partial charge is 0.115 e. The van der Waals surface area contributed by atoms with Crippen LogP contribution in [0.3, 0.4) is 0 Å². The standard InChI is InChI=1S/C11H20FN/c1-8(2)11-5-4-9(3)13(11)7-10(12)6-11/h8-10H,4-7H2,1-3H3. The van der Waals surface area contributed by atoms with Crippen molar-refractivity contribution in [2.45, 2.75) is 57.8 Å². The molecule has 0 radical (unpaired) electrons. The number of alkyl halides is 1. The molecule has 3 unspecified atom stereocenters. The fraction of sp³-hybridized carbons (Fsp3) is 1.00. The Labute approximate surface area is 80.3 Å². The van der Waals surface area contributed by atoms with Gasteiger partial charge in [-0.05, 0) is 32.1 Å². The van der Waals surface area contributed by atoms with Gasteiger partial charge in [0.15, 0.2) is 0 Å². The minimum Gasteiger partial charge on any atom is -0.292 e. The van der Waals surface area contributed by atoms with Crippen molar-refractivity contribution < 1.29 is 4.39 Å². The topological polar surface area (TPSA) is 3.24 Å². The number of nitrogens with zero attached hydrogens (tertiary/aromatic N) is 1. The van der Waals surface area contributed by atoms with E-state index in [9.17, 15) is 4.39 Å². The molecule has 0 bridgehead atoms. The molecule has 2 fully saturated rings. The second-order valence-electron chi connectivity index (χ2n) is 5.10. The van der Waals surface area contributed by atoms with Gasteiger partial charge in [-0.2, -0.15) is 0 Å². The van der Waals surface area contributed by atoms with E-state index in [0.29, 0.717) is 18.5 Å². The quantitative estimate of drug-likeness (QED) is 0.607. The molecule has 3 atom stereocenters. The molecule has 2 saturated heterocycles. The Morgan fingerprint density at radius 1 is 1.46 bits per heavy atom. The zero-order valence-electron chi connectivity index (χ0n) is 8.89. The Morgan fingerprint density at radius 3 is 2.69 bits per heavy atom. The van der Waals surface area contributed by atoms with E-state index in [1.165, 1.54) is 12.8 Å². The zero-order chi connectivity index (χ0) is 9.64. The van der Waals surface area contributed by atoms with E-state index in [2.05, 4.69) is 25.7 Å². The molecule has 0 spiro atoms. The fourth-order valence-electron chi connectivity index (χ4n) is 3.30. The van der Waals surface area contributed by atoms with Crippen LogP contribution in [0.4, 0.5) is 4.39 Å². The lowest BCUT2D eigenvalue weighted by Crippen LogP contribution is -2.45. The van der Waals surface area contributed by atoms with Gasteiger partial charge in [0.1, 0.15) is 6.17 Å². The summed E-state index contributed by atoms with van der Waals surface area (Å²) >= 11 is 0. The lowest BCUT2D eigenvalue weighted by molar-refractivity contribution is 0.109. The maximum absolute atomic E-state index is 13.4. The molecule has 2 heteroatoms. The van der Waals surface area contributed by atoms with Crippen molar-refractivity contribution in [2.75, 3.05) is 6.54 Å². The molecule has 0 aliphatic carbocycles. The van der Waals surface area contributed by atoms with Crippen molar-refractivity contribution in [3.05, 3.63) is 0 Å². The first-order valence-corrected chi connectivity index (χ1v) is 5.47. The summed E-state index contributed by atoms with van der Waals surface area (Å²) < 4.78 is 13.4. The first-order chi connectivity index (χ1) is 6.06. The maximum atomic E-state index is 13.4. The van der Waals surface area contributed by atoms with E-state index in [0.717, 1.165) is 6.42 Å². The minimum absolute atomic E-state index is 0.207. The normalized spacial score (nSPS) is 45.9. The van der Waals surface area contributed by atoms with Crippen LogP contribution in [0.15, 0.2) is 0 Å². The fourth-order valence-corrected chi connectivity index (χ4v) is 3.30. The van der Waals surface area contributed by atoms with Gasteiger partial charge in [0, 0.05) is 18.1 Å². The van der Waals surface area contributed by atoms with Gasteiger partial charge in [0.05, 0.1) is 0 Å². The first-order valence-electron chi connectivity index (χ1n) is 5.47. The molecule has 76 valence electrons. The monoisotopic (exact) mass is 185 g/mol. The molecule has 13 heavy (non-hydrogen) atoms. The van der Waals surface area contributed by atoms with Crippen LogP contribution < -0.4 is 0 Å². The Kier molecular flexibility index (Phi) is 2.14. The largest absolute Gasteiger partial charge is 0.292 e. The number of hydrogen-bond donors (Lipinski definition) is 0. The summed E-state index contributed by atoms with van der Waals surface area (Å²) in [5.41, 5.74) is 0.207. The van der Waals surface area contributed by atoms with Crippen LogP contribution in [0.25, 0.3) is 0 Å². The molecular weight excluding hydrogens is 165 g/mol. The van der Waals surface area contributed by atoms with Gasteiger partial charge < -0.3 is 0 Å². The lowest BCUT2D eigenvalue weighted by Gasteiger charge is -2.37. The third-order valence-corrected chi connectivity index (χ3v) is 4.14. The first kappa shape index (κ1) is 9.45. The summed E-state index contributed by atoms with van der Waals surface area (Å²) in [7, 11) is 0. The average Bonchev–Trinajstić information content (AvgIpc) is 2.51. The highest BCUT2D eigenvalue weighted by Crippen LogP contribution is 2.47. The summed E-state index contributed by atoms with van der Waals surface area (Å²) in [6.07, 6.45) is 2.65. The molecule has 0 aromatic carbocycles. The van der Waals surface area contributed by atoms with E-state index in [1.54, 1.807) is 0 Å². The zero-order valence-corrected chi connectivity index (χ0v) is 8.89. The third-order valence-electron chi connectivity index (χ3n) is 4.14. The van der Waals surface area contributed by atoms with E-state index < -0.39 is 6.17 Å². The molecule has 2 aliphatic rings. The van der Waals surface area contributed by atoms with Crippen molar-refractivity contribution in [3.8, 4) is 0 Å². The SMILES string of the molecule is CC1CCC2(C(C)C)CC(F)CN12. The Bertz CT molecular complexity index is 204. The summed E-state index contributed by atoms with van der Waals surface area (Å²) in [4.78, 5) is 2.42. The predicted molar refractivity (Wildman–Crippen MR) is 52.5 cm³/mol. The molecular formula is C11H20FN. The van der Waals surface area contributed by atoms with Gasteiger partial charge in [-0.3, -0.25) is 4.90 Å². The predicted octanol–water partition coefficient (Wildman–Crippen LogP) is 2.61. The third kappa shape index (κ3) is 1.22. The molecule has 0 amide bonds. The molecule has 0 N–H and O–H groups in total. The van der Waals surface area contributed by atoms with Crippen molar-refractivity contribution in [1.29, 1.82) is 0 Å². The van der Waals surface area contributed by atoms with Crippen LogP contribution in [0.2, 0.25) is 0 Å². The van der Waals surface area contributed by atoms with Gasteiger partial charge >= 0.3 is 0 Å². The Hall–Kier alpha value is -0.110. The summed E-state index contributed by atoms with van der Waals surface area (Å²) in [5.74, 6) is 0.596. The highest BCUT2D eigenvalue weighted by Gasteiger charge is 2.52. The molecule has 1 nitrogen and oxygen atoms in total. The summed E-state index contributed by atoms with van der Waals surface area (Å²) in [6, 6.07) is 0.600. The van der Waals surface area contributed by atoms with E-state index >= 15 is 0 Å². The van der Waals surface area contributed by atoms with Crippen molar-refractivity contribution in [3.63, 3.8) is 0 Å². The van der Waals surface area contributed by atoms with Gasteiger partial charge in [-0.15, -0.1) is 0 Å². The second-order valence-corrected chi connectivity index (χ2v) is 5.10. The lowest BCUT2D eigenvalue weighted by atomic mass is 9.82. The van der Waals surface area contributed by atoms with Crippen molar-refractivity contribution in [2.24, 2.45) is 5.92 Å². The molecule has 2 rings (SSSR count). The molecule has 2 aliphatic heterocycles. The Morgan fingerprint density at radius 2 is 2.15 bits per heavy atom. The van der Waals surface area contributed by atoms with Crippen LogP contribution in [-0.4, -0.2) is 29.2 Å². The van der Waals surface area contributed by atoms with Crippen LogP contribution >= 0.6 is 0 Å². The van der Waals surface area contributed by atoms with Gasteiger partial charge in [0.25, 0.3) is 0 Å². The van der Waals surface area contributed by atoms with Gasteiger partial charge in [0.2, 0.25) is 0 Å².